The first-order valence-electron chi connectivity index (χ1n) is 6.74. The van der Waals surface area contributed by atoms with E-state index in [4.69, 9.17) is 32.7 Å². The van der Waals surface area contributed by atoms with Gasteiger partial charge >= 0.3 is 5.97 Å². The maximum Gasteiger partial charge on any atom is 0.315 e. The Morgan fingerprint density at radius 3 is 2.45 bits per heavy atom. The molecule has 5 nitrogen and oxygen atoms in total. The van der Waals surface area contributed by atoms with Crippen LogP contribution in [0.2, 0.25) is 0 Å². The number of ether oxygens (including phenoxy) is 2. The standard InChI is InChI=1S/C15H17Cl2NO4/c1-9(22-13(20)14(2)8-15(14,16)17)12(19)18-10-6-4-5-7-11(10)21-3/h4-7,9H,8H2,1-3H3,(H,18,19). The Bertz CT molecular complexity index is 605. The van der Waals surface area contributed by atoms with Gasteiger partial charge in [0.15, 0.2) is 6.10 Å². The molecule has 1 aliphatic carbocycles. The summed E-state index contributed by atoms with van der Waals surface area (Å²) in [6.07, 6.45) is -0.665. The number of carbonyl (C=O) groups excluding carboxylic acids is 2. The lowest BCUT2D eigenvalue weighted by atomic mass is 10.1. The number of anilines is 1. The van der Waals surface area contributed by atoms with Gasteiger partial charge in [-0.1, -0.05) is 12.1 Å². The Morgan fingerprint density at radius 2 is 1.91 bits per heavy atom. The smallest absolute Gasteiger partial charge is 0.315 e. The van der Waals surface area contributed by atoms with Crippen LogP contribution < -0.4 is 10.1 Å². The molecule has 1 fully saturated rings. The van der Waals surface area contributed by atoms with Crippen LogP contribution >= 0.6 is 23.2 Å². The lowest BCUT2D eigenvalue weighted by Gasteiger charge is -2.18. The van der Waals surface area contributed by atoms with Gasteiger partial charge in [-0.25, -0.2) is 0 Å². The van der Waals surface area contributed by atoms with Crippen molar-refractivity contribution in [2.45, 2.75) is 30.7 Å². The van der Waals surface area contributed by atoms with Gasteiger partial charge in [-0.3, -0.25) is 9.59 Å². The summed E-state index contributed by atoms with van der Waals surface area (Å²) in [6.45, 7) is 3.10. The largest absolute Gasteiger partial charge is 0.495 e. The maximum absolute atomic E-state index is 12.1. The SMILES string of the molecule is COc1ccccc1NC(=O)C(C)OC(=O)C1(C)CC1(Cl)Cl. The summed E-state index contributed by atoms with van der Waals surface area (Å²) in [5, 5.41) is 2.65. The average molecular weight is 346 g/mol. The summed E-state index contributed by atoms with van der Waals surface area (Å²) >= 11 is 11.8. The van der Waals surface area contributed by atoms with Gasteiger partial charge in [0.25, 0.3) is 5.91 Å². The topological polar surface area (TPSA) is 64.6 Å². The molecule has 1 N–H and O–H groups in total. The second-order valence-corrected chi connectivity index (χ2v) is 6.93. The van der Waals surface area contributed by atoms with E-state index in [0.717, 1.165) is 0 Å². The van der Waals surface area contributed by atoms with E-state index in [0.29, 0.717) is 17.9 Å². The van der Waals surface area contributed by atoms with Crippen molar-refractivity contribution < 1.29 is 19.1 Å². The molecule has 0 aromatic heterocycles. The van der Waals surface area contributed by atoms with Gasteiger partial charge in [0, 0.05) is 6.42 Å². The summed E-state index contributed by atoms with van der Waals surface area (Å²) < 4.78 is 9.18. The summed E-state index contributed by atoms with van der Waals surface area (Å²) in [4.78, 5) is 24.2. The average Bonchev–Trinajstić information content (AvgIpc) is 2.99. The van der Waals surface area contributed by atoms with E-state index in [1.807, 2.05) is 0 Å². The van der Waals surface area contributed by atoms with E-state index in [-0.39, 0.29) is 0 Å². The van der Waals surface area contributed by atoms with Gasteiger partial charge in [0.2, 0.25) is 0 Å². The summed E-state index contributed by atoms with van der Waals surface area (Å²) in [5.74, 6) is -0.527. The predicted octanol–water partition coefficient (Wildman–Crippen LogP) is 3.15. The van der Waals surface area contributed by atoms with E-state index in [1.54, 1.807) is 31.2 Å². The monoisotopic (exact) mass is 345 g/mol. The van der Waals surface area contributed by atoms with Crippen LogP contribution in [0.15, 0.2) is 24.3 Å². The zero-order valence-electron chi connectivity index (χ0n) is 12.5. The molecule has 1 amide bonds. The first-order chi connectivity index (χ1) is 10.2. The molecule has 22 heavy (non-hydrogen) atoms. The van der Waals surface area contributed by atoms with Gasteiger partial charge < -0.3 is 14.8 Å². The van der Waals surface area contributed by atoms with Crippen LogP contribution in [0.5, 0.6) is 5.75 Å². The zero-order valence-corrected chi connectivity index (χ0v) is 14.0. The molecule has 1 saturated carbocycles. The Labute approximate surface area is 138 Å². The van der Waals surface area contributed by atoms with E-state index >= 15 is 0 Å². The number of halogens is 2. The molecule has 0 radical (unpaired) electrons. The number of alkyl halides is 2. The Kier molecular flexibility index (Phi) is 4.59. The minimum Gasteiger partial charge on any atom is -0.495 e. The molecule has 2 rings (SSSR count). The van der Waals surface area contributed by atoms with Gasteiger partial charge in [0.1, 0.15) is 15.5 Å². The third-order valence-electron chi connectivity index (χ3n) is 3.73. The molecule has 0 heterocycles. The fourth-order valence-electron chi connectivity index (χ4n) is 1.95. The normalized spacial score (nSPS) is 23.3. The molecular formula is C15H17Cl2NO4. The van der Waals surface area contributed by atoms with Gasteiger partial charge in [-0.05, 0) is 26.0 Å². The molecule has 1 aromatic rings. The first-order valence-corrected chi connectivity index (χ1v) is 7.49. The highest BCUT2D eigenvalue weighted by atomic mass is 35.5. The lowest BCUT2D eigenvalue weighted by molar-refractivity contribution is -0.158. The quantitative estimate of drug-likeness (QED) is 0.657. The molecular weight excluding hydrogens is 329 g/mol. The van der Waals surface area contributed by atoms with Crippen molar-refractivity contribution in [3.05, 3.63) is 24.3 Å². The number of methoxy groups -OCH3 is 1. The Balaban J connectivity index is 1.97. The number of hydrogen-bond donors (Lipinski definition) is 1. The molecule has 2 atom stereocenters. The fraction of sp³-hybridized carbons (Fsp3) is 0.467. The van der Waals surface area contributed by atoms with Gasteiger partial charge in [-0.2, -0.15) is 0 Å². The lowest BCUT2D eigenvalue weighted by Crippen LogP contribution is -2.33. The second kappa shape index (κ2) is 5.97. The third-order valence-corrected chi connectivity index (χ3v) is 4.83. The summed E-state index contributed by atoms with van der Waals surface area (Å²) in [7, 11) is 1.50. The number of para-hydroxylation sites is 2. The van der Waals surface area contributed by atoms with E-state index in [9.17, 15) is 9.59 Å². The number of hydrogen-bond acceptors (Lipinski definition) is 4. The minimum absolute atomic E-state index is 0.308. The van der Waals surface area contributed by atoms with Crippen LogP contribution in [0.1, 0.15) is 20.3 Å². The molecule has 120 valence electrons. The molecule has 2 unspecified atom stereocenters. The molecule has 0 bridgehead atoms. The van der Waals surface area contributed by atoms with E-state index in [2.05, 4.69) is 5.32 Å². The van der Waals surface area contributed by atoms with Crippen LogP contribution in [0.4, 0.5) is 5.69 Å². The highest BCUT2D eigenvalue weighted by molar-refractivity contribution is 6.53. The minimum atomic E-state index is -1.12. The first kappa shape index (κ1) is 16.9. The number of amides is 1. The number of nitrogens with one attached hydrogen (secondary N) is 1. The number of benzene rings is 1. The number of carbonyl (C=O) groups is 2. The van der Waals surface area contributed by atoms with Crippen molar-refractivity contribution in [1.29, 1.82) is 0 Å². The number of rotatable bonds is 5. The van der Waals surface area contributed by atoms with E-state index < -0.39 is 27.7 Å². The molecule has 0 spiro atoms. The van der Waals surface area contributed by atoms with Gasteiger partial charge in [0.05, 0.1) is 12.8 Å². The van der Waals surface area contributed by atoms with Crippen LogP contribution in [0.25, 0.3) is 0 Å². The Morgan fingerprint density at radius 1 is 1.32 bits per heavy atom. The summed E-state index contributed by atoms with van der Waals surface area (Å²) in [6, 6.07) is 6.95. The van der Waals surface area contributed by atoms with Crippen LogP contribution in [-0.2, 0) is 14.3 Å². The molecule has 7 heteroatoms. The molecule has 0 saturated heterocycles. The highest BCUT2D eigenvalue weighted by Gasteiger charge is 2.69. The van der Waals surface area contributed by atoms with Crippen LogP contribution in [-0.4, -0.2) is 29.4 Å². The molecule has 1 aliphatic rings. The van der Waals surface area contributed by atoms with Crippen molar-refractivity contribution >= 4 is 40.8 Å². The third kappa shape index (κ3) is 3.15. The van der Waals surface area contributed by atoms with Crippen LogP contribution in [0, 0.1) is 5.41 Å². The summed E-state index contributed by atoms with van der Waals surface area (Å²) in [5.41, 5.74) is -0.464. The van der Waals surface area contributed by atoms with Crippen molar-refractivity contribution in [1.82, 2.24) is 0 Å². The van der Waals surface area contributed by atoms with Crippen molar-refractivity contribution in [2.24, 2.45) is 5.41 Å². The fourth-order valence-corrected chi connectivity index (χ4v) is 2.64. The zero-order chi connectivity index (χ0) is 16.5. The van der Waals surface area contributed by atoms with Crippen LogP contribution in [0.3, 0.4) is 0 Å². The maximum atomic E-state index is 12.1. The van der Waals surface area contributed by atoms with Gasteiger partial charge in [-0.15, -0.1) is 23.2 Å². The molecule has 1 aromatic carbocycles. The van der Waals surface area contributed by atoms with Crippen molar-refractivity contribution in [3.8, 4) is 5.75 Å². The highest BCUT2D eigenvalue weighted by Crippen LogP contribution is 2.64. The van der Waals surface area contributed by atoms with Crippen molar-refractivity contribution in [2.75, 3.05) is 12.4 Å². The number of esters is 1. The van der Waals surface area contributed by atoms with Crippen molar-refractivity contribution in [3.63, 3.8) is 0 Å². The Hall–Kier alpha value is -1.46. The predicted molar refractivity (Wildman–Crippen MR) is 84.3 cm³/mol. The second-order valence-electron chi connectivity index (χ2n) is 5.45. The van der Waals surface area contributed by atoms with E-state index in [1.165, 1.54) is 14.0 Å². The molecule has 0 aliphatic heterocycles.